The van der Waals surface area contributed by atoms with Gasteiger partial charge in [0.25, 0.3) is 5.91 Å². The molecule has 0 unspecified atom stereocenters. The zero-order valence-electron chi connectivity index (χ0n) is 19.3. The average molecular weight is 486 g/mol. The molecule has 1 amide bonds. The van der Waals surface area contributed by atoms with Crippen molar-refractivity contribution in [2.75, 3.05) is 0 Å². The minimum atomic E-state index is -3.57. The first-order valence-corrected chi connectivity index (χ1v) is 12.5. The van der Waals surface area contributed by atoms with Gasteiger partial charge < -0.3 is 9.73 Å². The Kier molecular flexibility index (Phi) is 6.80. The molecule has 0 spiro atoms. The van der Waals surface area contributed by atoms with Crippen LogP contribution in [-0.4, -0.2) is 19.3 Å². The number of aromatic nitrogens is 1. The molecule has 4 aromatic rings. The molecule has 8 heteroatoms. The Morgan fingerprint density at radius 2 is 1.74 bits per heavy atom. The second-order valence-electron chi connectivity index (χ2n) is 8.17. The van der Waals surface area contributed by atoms with Gasteiger partial charge in [-0.15, -0.1) is 0 Å². The van der Waals surface area contributed by atoms with Gasteiger partial charge in [0, 0.05) is 17.7 Å². The topological polar surface area (TPSA) is 113 Å². The fourth-order valence-corrected chi connectivity index (χ4v) is 4.84. The summed E-state index contributed by atoms with van der Waals surface area (Å²) in [5, 5.41) is 11.8. The first-order valence-electron chi connectivity index (χ1n) is 10.9. The number of oxazole rings is 1. The number of hydrogen-bond donors (Lipinski definition) is 1. The SMILES string of the molecule is Cc1ccc(S(=O)(=O)Cc2nc(-c3ccc(C(=O)NCc4cccc(C#N)c4)cc3)oc2C)cc1. The summed E-state index contributed by atoms with van der Waals surface area (Å²) in [6.45, 7) is 3.88. The highest BCUT2D eigenvalue weighted by molar-refractivity contribution is 7.90. The number of hydrogen-bond acceptors (Lipinski definition) is 6. The molecule has 0 saturated carbocycles. The van der Waals surface area contributed by atoms with Crippen molar-refractivity contribution in [3.8, 4) is 17.5 Å². The smallest absolute Gasteiger partial charge is 0.251 e. The Bertz CT molecular complexity index is 1510. The predicted octanol–water partition coefficient (Wildman–Crippen LogP) is 4.73. The first kappa shape index (κ1) is 23.9. The van der Waals surface area contributed by atoms with E-state index in [1.807, 2.05) is 13.0 Å². The van der Waals surface area contributed by atoms with Crippen LogP contribution in [0.15, 0.2) is 82.1 Å². The van der Waals surface area contributed by atoms with Gasteiger partial charge in [0.05, 0.1) is 22.2 Å². The van der Waals surface area contributed by atoms with Crippen molar-refractivity contribution >= 4 is 15.7 Å². The number of aryl methyl sites for hydroxylation is 2. The molecule has 0 bridgehead atoms. The maximum Gasteiger partial charge on any atom is 0.251 e. The summed E-state index contributed by atoms with van der Waals surface area (Å²) in [5.41, 5.74) is 3.78. The molecule has 0 aliphatic carbocycles. The van der Waals surface area contributed by atoms with E-state index in [0.29, 0.717) is 34.7 Å². The van der Waals surface area contributed by atoms with Crippen LogP contribution in [0.25, 0.3) is 11.5 Å². The van der Waals surface area contributed by atoms with Gasteiger partial charge in [0.15, 0.2) is 9.84 Å². The lowest BCUT2D eigenvalue weighted by Crippen LogP contribution is -2.22. The molecule has 0 aliphatic rings. The van der Waals surface area contributed by atoms with Gasteiger partial charge in [-0.05, 0) is 67.9 Å². The van der Waals surface area contributed by atoms with Crippen LogP contribution in [0.1, 0.15) is 38.5 Å². The number of sulfone groups is 1. The molecule has 0 saturated heterocycles. The van der Waals surface area contributed by atoms with Gasteiger partial charge in [0.2, 0.25) is 5.89 Å². The van der Waals surface area contributed by atoms with Gasteiger partial charge in [-0.3, -0.25) is 4.79 Å². The molecule has 0 fully saturated rings. The quantitative estimate of drug-likeness (QED) is 0.405. The number of rotatable bonds is 7. The zero-order valence-corrected chi connectivity index (χ0v) is 20.1. The fraction of sp³-hybridized carbons (Fsp3) is 0.148. The zero-order chi connectivity index (χ0) is 25.0. The molecular formula is C27H23N3O4S. The number of nitrogens with one attached hydrogen (secondary N) is 1. The molecule has 3 aromatic carbocycles. The monoisotopic (exact) mass is 485 g/mol. The summed E-state index contributed by atoms with van der Waals surface area (Å²) in [6, 6.07) is 22.5. The molecule has 0 radical (unpaired) electrons. The minimum Gasteiger partial charge on any atom is -0.441 e. The third-order valence-corrected chi connectivity index (χ3v) is 7.15. The second kappa shape index (κ2) is 9.95. The van der Waals surface area contributed by atoms with Gasteiger partial charge in [-0.25, -0.2) is 13.4 Å². The van der Waals surface area contributed by atoms with E-state index in [0.717, 1.165) is 11.1 Å². The number of amides is 1. The van der Waals surface area contributed by atoms with Crippen LogP contribution < -0.4 is 5.32 Å². The van der Waals surface area contributed by atoms with Crippen molar-refractivity contribution in [1.82, 2.24) is 10.3 Å². The van der Waals surface area contributed by atoms with Gasteiger partial charge in [0.1, 0.15) is 11.5 Å². The summed E-state index contributed by atoms with van der Waals surface area (Å²) in [4.78, 5) is 17.1. The van der Waals surface area contributed by atoms with E-state index in [9.17, 15) is 13.2 Å². The van der Waals surface area contributed by atoms with E-state index in [-0.39, 0.29) is 22.4 Å². The Morgan fingerprint density at radius 3 is 2.43 bits per heavy atom. The third-order valence-electron chi connectivity index (χ3n) is 5.50. The lowest BCUT2D eigenvalue weighted by Gasteiger charge is -2.06. The average Bonchev–Trinajstić information content (AvgIpc) is 3.22. The van der Waals surface area contributed by atoms with Gasteiger partial charge >= 0.3 is 0 Å². The van der Waals surface area contributed by atoms with Crippen molar-refractivity contribution in [2.45, 2.75) is 31.0 Å². The lowest BCUT2D eigenvalue weighted by atomic mass is 10.1. The summed E-state index contributed by atoms with van der Waals surface area (Å²) in [5.74, 6) is 0.195. The van der Waals surface area contributed by atoms with E-state index >= 15 is 0 Å². The number of nitriles is 1. The van der Waals surface area contributed by atoms with Crippen LogP contribution in [-0.2, 0) is 22.1 Å². The highest BCUT2D eigenvalue weighted by Gasteiger charge is 2.21. The minimum absolute atomic E-state index is 0.238. The summed E-state index contributed by atoms with van der Waals surface area (Å²) < 4.78 is 31.3. The molecule has 176 valence electrons. The van der Waals surface area contributed by atoms with Gasteiger partial charge in [-0.1, -0.05) is 29.8 Å². The fourth-order valence-electron chi connectivity index (χ4n) is 3.49. The van der Waals surface area contributed by atoms with Crippen LogP contribution in [0.2, 0.25) is 0 Å². The third kappa shape index (κ3) is 5.65. The van der Waals surface area contributed by atoms with Crippen molar-refractivity contribution in [3.63, 3.8) is 0 Å². The molecule has 1 N–H and O–H groups in total. The molecule has 7 nitrogen and oxygen atoms in total. The standard InChI is InChI=1S/C27H23N3O4S/c1-18-6-12-24(13-7-18)35(32,33)17-25-19(2)34-27(30-25)23-10-8-22(9-11-23)26(31)29-16-21-5-3-4-20(14-21)15-28/h3-14H,16-17H2,1-2H3,(H,29,31). The Morgan fingerprint density at radius 1 is 1.03 bits per heavy atom. The molecular weight excluding hydrogens is 462 g/mol. The molecule has 0 aliphatic heterocycles. The number of benzene rings is 3. The lowest BCUT2D eigenvalue weighted by molar-refractivity contribution is 0.0951. The van der Waals surface area contributed by atoms with Crippen LogP contribution in [0.5, 0.6) is 0 Å². The summed E-state index contributed by atoms with van der Waals surface area (Å²) >= 11 is 0. The number of carbonyl (C=O) groups excluding carboxylic acids is 1. The Balaban J connectivity index is 1.45. The molecule has 4 rings (SSSR count). The van der Waals surface area contributed by atoms with Crippen LogP contribution in [0.3, 0.4) is 0 Å². The van der Waals surface area contributed by atoms with Crippen LogP contribution in [0.4, 0.5) is 0 Å². The maximum atomic E-state index is 12.8. The predicted molar refractivity (Wildman–Crippen MR) is 131 cm³/mol. The van der Waals surface area contributed by atoms with E-state index in [1.165, 1.54) is 0 Å². The number of nitrogens with zero attached hydrogens (tertiary/aromatic N) is 2. The van der Waals surface area contributed by atoms with Gasteiger partial charge in [-0.2, -0.15) is 5.26 Å². The first-order chi connectivity index (χ1) is 16.7. The maximum absolute atomic E-state index is 12.8. The normalized spacial score (nSPS) is 11.1. The van der Waals surface area contributed by atoms with Crippen molar-refractivity contribution in [2.24, 2.45) is 0 Å². The second-order valence-corrected chi connectivity index (χ2v) is 10.2. The van der Waals surface area contributed by atoms with E-state index < -0.39 is 9.84 Å². The van der Waals surface area contributed by atoms with E-state index in [1.54, 1.807) is 73.7 Å². The molecule has 0 atom stereocenters. The van der Waals surface area contributed by atoms with Crippen LogP contribution in [0, 0.1) is 25.2 Å². The molecule has 1 aromatic heterocycles. The van der Waals surface area contributed by atoms with Crippen LogP contribution >= 0.6 is 0 Å². The van der Waals surface area contributed by atoms with E-state index in [4.69, 9.17) is 9.68 Å². The largest absolute Gasteiger partial charge is 0.441 e. The van der Waals surface area contributed by atoms with Crippen molar-refractivity contribution in [1.29, 1.82) is 5.26 Å². The van der Waals surface area contributed by atoms with E-state index in [2.05, 4.69) is 16.4 Å². The summed E-state index contributed by atoms with van der Waals surface area (Å²) in [6.07, 6.45) is 0. The van der Waals surface area contributed by atoms with Crippen molar-refractivity contribution < 1.29 is 17.6 Å². The molecule has 1 heterocycles. The molecule has 35 heavy (non-hydrogen) atoms. The van der Waals surface area contributed by atoms with Crippen molar-refractivity contribution in [3.05, 3.63) is 107 Å². The Hall–Kier alpha value is -4.22. The highest BCUT2D eigenvalue weighted by Crippen LogP contribution is 2.25. The highest BCUT2D eigenvalue weighted by atomic mass is 32.2. The summed E-state index contributed by atoms with van der Waals surface area (Å²) in [7, 11) is -3.57. The number of carbonyl (C=O) groups is 1. The Labute approximate surface area is 204 Å².